The Labute approximate surface area is 203 Å². The zero-order chi connectivity index (χ0) is 23.1. The first kappa shape index (κ1) is 21.8. The molecule has 0 radical (unpaired) electrons. The van der Waals surface area contributed by atoms with Crippen molar-refractivity contribution in [3.05, 3.63) is 88.4 Å². The fourth-order valence-electron chi connectivity index (χ4n) is 5.60. The lowest BCUT2D eigenvalue weighted by molar-refractivity contribution is -0.123. The highest BCUT2D eigenvalue weighted by atomic mass is 79.9. The third-order valence-corrected chi connectivity index (χ3v) is 7.83. The molecule has 1 fully saturated rings. The molecule has 1 amide bonds. The van der Waals surface area contributed by atoms with Crippen molar-refractivity contribution in [2.24, 2.45) is 5.73 Å². The van der Waals surface area contributed by atoms with Crippen molar-refractivity contribution in [2.75, 3.05) is 17.3 Å². The van der Waals surface area contributed by atoms with E-state index < -0.39 is 5.54 Å². The third-order valence-electron chi connectivity index (χ3n) is 7.34. The summed E-state index contributed by atoms with van der Waals surface area (Å²) >= 11 is 3.52. The number of hydrogen-bond acceptors (Lipinski definition) is 4. The van der Waals surface area contributed by atoms with Gasteiger partial charge in [0.1, 0.15) is 11.3 Å². The Morgan fingerprint density at radius 2 is 1.76 bits per heavy atom. The molecule has 6 heteroatoms. The van der Waals surface area contributed by atoms with Crippen LogP contribution in [0, 0.1) is 0 Å². The average molecular weight is 506 g/mol. The van der Waals surface area contributed by atoms with E-state index in [0.717, 1.165) is 41.0 Å². The van der Waals surface area contributed by atoms with Gasteiger partial charge in [0, 0.05) is 28.5 Å². The summed E-state index contributed by atoms with van der Waals surface area (Å²) in [7, 11) is 1.70. The summed E-state index contributed by atoms with van der Waals surface area (Å²) in [4.78, 5) is 15.3. The number of halogens is 1. The second-order valence-corrected chi connectivity index (χ2v) is 9.97. The Morgan fingerprint density at radius 1 is 1.00 bits per heavy atom. The Bertz CT molecular complexity index is 1190. The van der Waals surface area contributed by atoms with E-state index in [1.54, 1.807) is 7.11 Å². The number of benzene rings is 3. The van der Waals surface area contributed by atoms with Crippen LogP contribution in [0.15, 0.2) is 77.3 Å². The molecule has 1 aliphatic heterocycles. The van der Waals surface area contributed by atoms with E-state index in [2.05, 4.69) is 62.5 Å². The zero-order valence-corrected chi connectivity index (χ0v) is 20.3. The van der Waals surface area contributed by atoms with Gasteiger partial charge in [-0.05, 0) is 67.1 Å². The Hall–Kier alpha value is -2.99. The van der Waals surface area contributed by atoms with Crippen LogP contribution in [0.2, 0.25) is 0 Å². The molecular formula is C27H28BrN3O2. The highest BCUT2D eigenvalue weighted by Crippen LogP contribution is 2.53. The van der Waals surface area contributed by atoms with Crippen LogP contribution in [0.1, 0.15) is 36.8 Å². The lowest BCUT2D eigenvalue weighted by Crippen LogP contribution is -2.57. The van der Waals surface area contributed by atoms with E-state index in [1.165, 1.54) is 11.1 Å². The van der Waals surface area contributed by atoms with E-state index in [9.17, 15) is 4.79 Å². The minimum atomic E-state index is -0.774. The second kappa shape index (κ2) is 8.41. The van der Waals surface area contributed by atoms with Crippen molar-refractivity contribution >= 4 is 33.2 Å². The van der Waals surface area contributed by atoms with E-state index in [4.69, 9.17) is 10.5 Å². The molecule has 33 heavy (non-hydrogen) atoms. The van der Waals surface area contributed by atoms with Gasteiger partial charge in [0.2, 0.25) is 5.91 Å². The molecule has 3 aromatic rings. The Balaban J connectivity index is 1.51. The maximum Gasteiger partial charge on any atom is 0.243 e. The average Bonchev–Trinajstić information content (AvgIpc) is 3.15. The predicted molar refractivity (Wildman–Crippen MR) is 135 cm³/mol. The number of amides is 1. The van der Waals surface area contributed by atoms with Crippen molar-refractivity contribution < 1.29 is 9.53 Å². The van der Waals surface area contributed by atoms with Gasteiger partial charge in [-0.1, -0.05) is 52.3 Å². The zero-order valence-electron chi connectivity index (χ0n) is 18.7. The molecule has 3 N–H and O–H groups in total. The maximum absolute atomic E-state index is 12.8. The number of fused-ring (bicyclic) bond motifs is 2. The van der Waals surface area contributed by atoms with Crippen molar-refractivity contribution in [1.29, 1.82) is 0 Å². The first-order valence-electron chi connectivity index (χ1n) is 11.3. The lowest BCUT2D eigenvalue weighted by Gasteiger charge is -2.49. The molecule has 0 saturated heterocycles. The molecule has 1 saturated carbocycles. The molecule has 5 nitrogen and oxygen atoms in total. The van der Waals surface area contributed by atoms with Crippen LogP contribution in [0.5, 0.6) is 5.75 Å². The van der Waals surface area contributed by atoms with Gasteiger partial charge in [0.15, 0.2) is 0 Å². The first-order valence-corrected chi connectivity index (χ1v) is 12.1. The number of methoxy groups -OCH3 is 1. The monoisotopic (exact) mass is 505 g/mol. The van der Waals surface area contributed by atoms with Gasteiger partial charge in [0.25, 0.3) is 0 Å². The van der Waals surface area contributed by atoms with Gasteiger partial charge in [-0.2, -0.15) is 0 Å². The van der Waals surface area contributed by atoms with Crippen LogP contribution in [0.4, 0.5) is 11.4 Å². The molecule has 0 atom stereocenters. The summed E-state index contributed by atoms with van der Waals surface area (Å²) < 4.78 is 6.47. The molecule has 5 rings (SSSR count). The predicted octanol–water partition coefficient (Wildman–Crippen LogP) is 5.58. The fraction of sp³-hybridized carbons (Fsp3) is 0.296. The number of rotatable bonds is 5. The summed E-state index contributed by atoms with van der Waals surface area (Å²) in [6.45, 7) is 0.839. The molecule has 0 unspecified atom stereocenters. The van der Waals surface area contributed by atoms with E-state index in [1.807, 2.05) is 36.4 Å². The second-order valence-electron chi connectivity index (χ2n) is 9.06. The van der Waals surface area contributed by atoms with Gasteiger partial charge in [-0.3, -0.25) is 4.79 Å². The summed E-state index contributed by atoms with van der Waals surface area (Å²) in [5, 5.41) is 3.49. The number of nitrogens with one attached hydrogen (secondary N) is 1. The van der Waals surface area contributed by atoms with E-state index >= 15 is 0 Å². The fourth-order valence-corrected chi connectivity index (χ4v) is 6.00. The summed E-state index contributed by atoms with van der Waals surface area (Å²) in [5.41, 5.74) is 9.79. The van der Waals surface area contributed by atoms with Gasteiger partial charge in [0.05, 0.1) is 12.6 Å². The van der Waals surface area contributed by atoms with Crippen molar-refractivity contribution in [1.82, 2.24) is 0 Å². The summed E-state index contributed by atoms with van der Waals surface area (Å²) in [6.07, 6.45) is 2.96. The summed E-state index contributed by atoms with van der Waals surface area (Å²) in [5.74, 6) is 0.550. The van der Waals surface area contributed by atoms with E-state index in [0.29, 0.717) is 12.8 Å². The largest absolute Gasteiger partial charge is 0.497 e. The minimum absolute atomic E-state index is 0.180. The lowest BCUT2D eigenvalue weighted by atomic mass is 9.68. The number of nitrogens with two attached hydrogens (primary N) is 1. The number of carbonyl (C=O) groups excluding carboxylic acids is 1. The topological polar surface area (TPSA) is 67.6 Å². The highest BCUT2D eigenvalue weighted by Gasteiger charge is 2.52. The van der Waals surface area contributed by atoms with Crippen LogP contribution in [0.25, 0.3) is 0 Å². The van der Waals surface area contributed by atoms with Gasteiger partial charge >= 0.3 is 0 Å². The van der Waals surface area contributed by atoms with Gasteiger partial charge < -0.3 is 20.7 Å². The van der Waals surface area contributed by atoms with Crippen LogP contribution < -0.4 is 20.7 Å². The molecule has 1 spiro atoms. The molecule has 1 heterocycles. The molecule has 3 aromatic carbocycles. The Morgan fingerprint density at radius 3 is 2.48 bits per heavy atom. The van der Waals surface area contributed by atoms with Crippen molar-refractivity contribution in [3.8, 4) is 5.75 Å². The third kappa shape index (κ3) is 3.76. The maximum atomic E-state index is 12.8. The standard InChI is InChI=1S/C27H28BrN3O2/c1-33-23-10-5-9-22(17-23)31-18-19-6-2-3-11-24(19)27(31)14-12-26(13-15-27,25(29)32)30-21-8-4-7-20(28)16-21/h2-11,16-17,30H,12-15,18H2,1H3,(H2,29,32). The number of nitrogens with zero attached hydrogens (tertiary/aromatic N) is 1. The summed E-state index contributed by atoms with van der Waals surface area (Å²) in [6, 6.07) is 24.8. The van der Waals surface area contributed by atoms with Crippen molar-refractivity contribution in [2.45, 2.75) is 43.3 Å². The van der Waals surface area contributed by atoms with Gasteiger partial charge in [-0.15, -0.1) is 0 Å². The first-order chi connectivity index (χ1) is 16.0. The molecule has 0 aromatic heterocycles. The number of primary amides is 1. The number of carbonyl (C=O) groups is 1. The van der Waals surface area contributed by atoms with Crippen LogP contribution in [0.3, 0.4) is 0 Å². The normalized spacial score (nSPS) is 23.9. The molecule has 1 aliphatic carbocycles. The Kier molecular flexibility index (Phi) is 5.57. The number of ether oxygens (including phenoxy) is 1. The quantitative estimate of drug-likeness (QED) is 0.474. The SMILES string of the molecule is COc1cccc(N2Cc3ccccc3C23CCC(Nc2cccc(Br)c2)(C(N)=O)CC3)c1. The highest BCUT2D eigenvalue weighted by molar-refractivity contribution is 9.10. The molecule has 170 valence electrons. The van der Waals surface area contributed by atoms with E-state index in [-0.39, 0.29) is 11.4 Å². The molecule has 2 aliphatic rings. The molecular weight excluding hydrogens is 478 g/mol. The minimum Gasteiger partial charge on any atom is -0.497 e. The number of hydrogen-bond donors (Lipinski definition) is 2. The van der Waals surface area contributed by atoms with Gasteiger partial charge in [-0.25, -0.2) is 0 Å². The van der Waals surface area contributed by atoms with Crippen LogP contribution in [-0.4, -0.2) is 18.6 Å². The number of anilines is 2. The molecule has 0 bridgehead atoms. The van der Waals surface area contributed by atoms with Crippen molar-refractivity contribution in [3.63, 3.8) is 0 Å². The van der Waals surface area contributed by atoms with Crippen LogP contribution >= 0.6 is 15.9 Å². The smallest absolute Gasteiger partial charge is 0.243 e. The van der Waals surface area contributed by atoms with Crippen LogP contribution in [-0.2, 0) is 16.9 Å².